The second-order valence-electron chi connectivity index (χ2n) is 4.91. The van der Waals surface area contributed by atoms with Crippen molar-refractivity contribution in [2.75, 3.05) is 13.2 Å². The molecule has 0 heterocycles. The Kier molecular flexibility index (Phi) is 6.19. The molecule has 21 heavy (non-hydrogen) atoms. The third-order valence-electron chi connectivity index (χ3n) is 2.89. The molecule has 0 bridgehead atoms. The minimum Gasteiger partial charge on any atom is -0.460 e. The summed E-state index contributed by atoms with van der Waals surface area (Å²) in [6.45, 7) is 7.49. The number of rotatable bonds is 6. The molecule has 5 nitrogen and oxygen atoms in total. The van der Waals surface area contributed by atoms with Crippen LogP contribution in [0.4, 0.5) is 0 Å². The van der Waals surface area contributed by atoms with E-state index in [2.05, 4.69) is 0 Å². The van der Waals surface area contributed by atoms with Crippen molar-refractivity contribution < 1.29 is 22.7 Å². The van der Waals surface area contributed by atoms with Crippen molar-refractivity contribution in [3.63, 3.8) is 0 Å². The first-order valence-electron chi connectivity index (χ1n) is 6.47. The van der Waals surface area contributed by atoms with Gasteiger partial charge in [0.15, 0.2) is 0 Å². The normalized spacial score (nSPS) is 11.7. The van der Waals surface area contributed by atoms with Crippen molar-refractivity contribution in [2.45, 2.75) is 38.7 Å². The summed E-state index contributed by atoms with van der Waals surface area (Å²) in [5, 5.41) is 0. The SMILES string of the molecule is Cc1cc(C(=O)OCCOC(C)C)cc(S(=O)(=O)Cl)c1C. The fourth-order valence-corrected chi connectivity index (χ4v) is 2.97. The molecule has 1 aromatic carbocycles. The maximum Gasteiger partial charge on any atom is 0.338 e. The zero-order valence-corrected chi connectivity index (χ0v) is 14.0. The van der Waals surface area contributed by atoms with E-state index in [1.165, 1.54) is 6.07 Å². The Morgan fingerprint density at radius 2 is 1.86 bits per heavy atom. The van der Waals surface area contributed by atoms with E-state index in [-0.39, 0.29) is 29.8 Å². The molecule has 0 amide bonds. The van der Waals surface area contributed by atoms with E-state index in [0.717, 1.165) is 0 Å². The topological polar surface area (TPSA) is 69.7 Å². The highest BCUT2D eigenvalue weighted by molar-refractivity contribution is 8.13. The van der Waals surface area contributed by atoms with Gasteiger partial charge in [0.05, 0.1) is 23.2 Å². The Labute approximate surface area is 129 Å². The lowest BCUT2D eigenvalue weighted by Crippen LogP contribution is -2.14. The fraction of sp³-hybridized carbons (Fsp3) is 0.500. The molecule has 0 atom stereocenters. The Bertz CT molecular complexity index is 622. The Morgan fingerprint density at radius 1 is 1.24 bits per heavy atom. The predicted octanol–water partition coefficient (Wildman–Crippen LogP) is 2.81. The van der Waals surface area contributed by atoms with Gasteiger partial charge in [-0.1, -0.05) is 0 Å². The maximum absolute atomic E-state index is 11.9. The number of carbonyl (C=O) groups excluding carboxylic acids is 1. The van der Waals surface area contributed by atoms with Gasteiger partial charge in [-0.15, -0.1) is 0 Å². The number of ether oxygens (including phenoxy) is 2. The molecule has 118 valence electrons. The molecule has 0 aliphatic carbocycles. The summed E-state index contributed by atoms with van der Waals surface area (Å²) in [5.41, 5.74) is 1.33. The van der Waals surface area contributed by atoms with Gasteiger partial charge in [-0.3, -0.25) is 0 Å². The minimum absolute atomic E-state index is 0.0540. The van der Waals surface area contributed by atoms with Gasteiger partial charge in [-0.25, -0.2) is 13.2 Å². The smallest absolute Gasteiger partial charge is 0.338 e. The first-order valence-corrected chi connectivity index (χ1v) is 8.78. The monoisotopic (exact) mass is 334 g/mol. The average molecular weight is 335 g/mol. The average Bonchev–Trinajstić information content (AvgIpc) is 2.35. The molecular formula is C14H19ClO5S. The van der Waals surface area contributed by atoms with Gasteiger partial charge in [-0.05, 0) is 51.0 Å². The summed E-state index contributed by atoms with van der Waals surface area (Å²) in [6.07, 6.45) is 0.0540. The van der Waals surface area contributed by atoms with E-state index >= 15 is 0 Å². The second-order valence-corrected chi connectivity index (χ2v) is 7.44. The number of aryl methyl sites for hydroxylation is 1. The van der Waals surface area contributed by atoms with Crippen molar-refractivity contribution in [1.29, 1.82) is 0 Å². The summed E-state index contributed by atoms with van der Waals surface area (Å²) >= 11 is 0. The molecule has 0 aliphatic rings. The van der Waals surface area contributed by atoms with Crippen LogP contribution >= 0.6 is 10.7 Å². The van der Waals surface area contributed by atoms with Crippen molar-refractivity contribution in [3.05, 3.63) is 28.8 Å². The molecule has 0 radical (unpaired) electrons. The van der Waals surface area contributed by atoms with Crippen molar-refractivity contribution in [1.82, 2.24) is 0 Å². The Hall–Kier alpha value is -1.11. The molecule has 0 aromatic heterocycles. The molecule has 0 spiro atoms. The highest BCUT2D eigenvalue weighted by Gasteiger charge is 2.19. The van der Waals surface area contributed by atoms with Gasteiger partial charge in [0.25, 0.3) is 9.05 Å². The van der Waals surface area contributed by atoms with E-state index in [4.69, 9.17) is 20.2 Å². The van der Waals surface area contributed by atoms with E-state index in [9.17, 15) is 13.2 Å². The van der Waals surface area contributed by atoms with Gasteiger partial charge in [0.2, 0.25) is 0 Å². The van der Waals surface area contributed by atoms with Crippen LogP contribution in [0.25, 0.3) is 0 Å². The number of benzene rings is 1. The molecule has 7 heteroatoms. The summed E-state index contributed by atoms with van der Waals surface area (Å²) < 4.78 is 33.3. The molecule has 0 saturated heterocycles. The quantitative estimate of drug-likeness (QED) is 0.454. The third kappa shape index (κ3) is 5.30. The van der Waals surface area contributed by atoms with Gasteiger partial charge >= 0.3 is 5.97 Å². The summed E-state index contributed by atoms with van der Waals surface area (Å²) in [4.78, 5) is 11.8. The molecule has 0 unspecified atom stereocenters. The van der Waals surface area contributed by atoms with E-state index in [1.807, 2.05) is 13.8 Å². The van der Waals surface area contributed by atoms with Crippen molar-refractivity contribution in [2.24, 2.45) is 0 Å². The van der Waals surface area contributed by atoms with Crippen LogP contribution in [-0.2, 0) is 18.5 Å². The first kappa shape index (κ1) is 17.9. The number of hydrogen-bond acceptors (Lipinski definition) is 5. The van der Waals surface area contributed by atoms with Gasteiger partial charge in [0.1, 0.15) is 6.61 Å². The van der Waals surface area contributed by atoms with Gasteiger partial charge in [0, 0.05) is 10.7 Å². The lowest BCUT2D eigenvalue weighted by Gasteiger charge is -2.11. The molecule has 0 aliphatic heterocycles. The Balaban J connectivity index is 2.89. The number of carbonyl (C=O) groups is 1. The standard InChI is InChI=1S/C14H19ClO5S/c1-9(2)19-5-6-20-14(16)12-7-10(3)11(4)13(8-12)21(15,17)18/h7-9H,5-6H2,1-4H3. The van der Waals surface area contributed by atoms with Crippen LogP contribution in [0.1, 0.15) is 35.3 Å². The lowest BCUT2D eigenvalue weighted by molar-refractivity contribution is 0.0176. The fourth-order valence-electron chi connectivity index (χ4n) is 1.70. The summed E-state index contributed by atoms with van der Waals surface area (Å²) in [5.74, 6) is -0.605. The summed E-state index contributed by atoms with van der Waals surface area (Å²) in [7, 11) is 1.47. The van der Waals surface area contributed by atoms with Crippen LogP contribution in [0.5, 0.6) is 0 Å². The predicted molar refractivity (Wildman–Crippen MR) is 80.3 cm³/mol. The van der Waals surface area contributed by atoms with Crippen LogP contribution in [-0.4, -0.2) is 33.7 Å². The highest BCUT2D eigenvalue weighted by atomic mass is 35.7. The Morgan fingerprint density at radius 3 is 2.38 bits per heavy atom. The van der Waals surface area contributed by atoms with E-state index in [1.54, 1.807) is 19.9 Å². The van der Waals surface area contributed by atoms with Crippen LogP contribution in [0, 0.1) is 13.8 Å². The first-order chi connectivity index (χ1) is 9.62. The van der Waals surface area contributed by atoms with Crippen LogP contribution in [0.3, 0.4) is 0 Å². The molecule has 0 fully saturated rings. The van der Waals surface area contributed by atoms with Crippen LogP contribution < -0.4 is 0 Å². The van der Waals surface area contributed by atoms with Gasteiger partial charge in [-0.2, -0.15) is 0 Å². The number of hydrogen-bond donors (Lipinski definition) is 0. The van der Waals surface area contributed by atoms with E-state index < -0.39 is 15.0 Å². The molecule has 1 rings (SSSR count). The van der Waals surface area contributed by atoms with Crippen LogP contribution in [0.15, 0.2) is 17.0 Å². The number of halogens is 1. The zero-order valence-electron chi connectivity index (χ0n) is 12.5. The third-order valence-corrected chi connectivity index (χ3v) is 4.33. The molecule has 0 saturated carbocycles. The highest BCUT2D eigenvalue weighted by Crippen LogP contribution is 2.24. The number of esters is 1. The largest absolute Gasteiger partial charge is 0.460 e. The zero-order chi connectivity index (χ0) is 16.2. The minimum atomic E-state index is -3.91. The molecular weight excluding hydrogens is 316 g/mol. The molecule has 1 aromatic rings. The molecule has 0 N–H and O–H groups in total. The van der Waals surface area contributed by atoms with Crippen molar-refractivity contribution in [3.8, 4) is 0 Å². The second kappa shape index (κ2) is 7.24. The van der Waals surface area contributed by atoms with Crippen molar-refractivity contribution >= 4 is 25.7 Å². The summed E-state index contributed by atoms with van der Waals surface area (Å²) in [6, 6.07) is 2.81. The maximum atomic E-state index is 11.9. The lowest BCUT2D eigenvalue weighted by atomic mass is 10.1. The van der Waals surface area contributed by atoms with Gasteiger partial charge < -0.3 is 9.47 Å². The van der Waals surface area contributed by atoms with E-state index in [0.29, 0.717) is 11.1 Å². The van der Waals surface area contributed by atoms with Crippen LogP contribution in [0.2, 0.25) is 0 Å².